The van der Waals surface area contributed by atoms with Crippen LogP contribution in [0.15, 0.2) is 206 Å². The van der Waals surface area contributed by atoms with Crippen LogP contribution in [0.25, 0.3) is 0 Å². The van der Waals surface area contributed by atoms with Crippen molar-refractivity contribution < 1.29 is 91.9 Å². The number of hydrogen-bond acceptors (Lipinski definition) is 18. The van der Waals surface area contributed by atoms with Gasteiger partial charge >= 0.3 is 0 Å². The predicted molar refractivity (Wildman–Crippen MR) is 373 cm³/mol. The van der Waals surface area contributed by atoms with Gasteiger partial charge in [-0.15, -0.1) is 0 Å². The Morgan fingerprint density at radius 2 is 0.539 bits per heavy atom. The molecule has 18 N–H and O–H groups in total. The number of fused-ring (bicyclic) bond motifs is 5. The molecular weight excluding hydrogens is 1300 g/mol. The molecule has 12 aromatic rings. The van der Waals surface area contributed by atoms with E-state index in [0.29, 0.717) is 55.6 Å². The lowest BCUT2D eigenvalue weighted by Gasteiger charge is -2.36. The Labute approximate surface area is 581 Å². The molecule has 18 nitrogen and oxygen atoms in total. The van der Waals surface area contributed by atoms with Crippen LogP contribution in [0.5, 0.6) is 103 Å². The molecule has 5 aliphatic rings. The van der Waals surface area contributed by atoms with E-state index in [1.165, 1.54) is 115 Å². The molecule has 5 aliphatic carbocycles. The molecule has 0 aromatic heterocycles. The zero-order valence-electron chi connectivity index (χ0n) is 53.6. The summed E-state index contributed by atoms with van der Waals surface area (Å²) in [5, 5.41) is 217. The lowest BCUT2D eigenvalue weighted by Crippen LogP contribution is -2.22. The van der Waals surface area contributed by atoms with Crippen molar-refractivity contribution in [2.75, 3.05) is 0 Å². The second kappa shape index (κ2) is 22.8. The summed E-state index contributed by atoms with van der Waals surface area (Å²) >= 11 is 0. The smallest absolute Gasteiger partial charge is 0.123 e. The first-order valence-electron chi connectivity index (χ1n) is 33.2. The molecule has 0 saturated carbocycles. The summed E-state index contributed by atoms with van der Waals surface area (Å²) in [5.41, 5.74) is 6.35. The van der Waals surface area contributed by atoms with Gasteiger partial charge in [-0.25, -0.2) is 0 Å². The standard InChI is InChI=1S/C84H64O18/c85-42-11-1-35(2-12-42)64-53-28-47(90)21-22-52(53)73-72-55(30-51(94)32-59(72)98)74(64)79-62(101)33-61(100)78-70(66(82(73)84(78)79)37-5-15-44(87)16-6-37)41-25-56(95)76(57(96)26-41)68(39-9-19-46(89)20-10-39)75-54-29-50(93)31-58(97)71(54)67(38-7-17-45(88)18-8-38)81-65(36-3-13-43(86)14-4-36)69(40-23-48(91)27-49(92)24-40)77-60(99)34-63(102)80(75)83(77)81/h1-34,64-70,73-75,81-82,85-102H/t64-,65-,66-,67+,68+,69+,70-,73-,74?,75+,81+,82-/m1/s1. The average molecular weight is 1360 g/mol. The first kappa shape index (κ1) is 62.6. The minimum Gasteiger partial charge on any atom is -0.508 e. The van der Waals surface area contributed by atoms with Gasteiger partial charge in [-0.3, -0.25) is 0 Å². The summed E-state index contributed by atoms with van der Waals surface area (Å²) in [4.78, 5) is 0. The molecule has 0 fully saturated rings. The summed E-state index contributed by atoms with van der Waals surface area (Å²) in [6.45, 7) is 0. The lowest BCUT2D eigenvalue weighted by molar-refractivity contribution is 0.415. The maximum atomic E-state index is 13.7. The largest absolute Gasteiger partial charge is 0.508 e. The Kier molecular flexibility index (Phi) is 14.0. The third-order valence-electron chi connectivity index (χ3n) is 22.4. The summed E-state index contributed by atoms with van der Waals surface area (Å²) < 4.78 is 0. The van der Waals surface area contributed by atoms with Crippen molar-refractivity contribution in [1.82, 2.24) is 0 Å². The number of benzene rings is 12. The Bertz CT molecular complexity index is 5420. The number of hydrogen-bond donors (Lipinski definition) is 18. The molecule has 12 aromatic carbocycles. The van der Waals surface area contributed by atoms with E-state index < -0.39 is 111 Å². The monoisotopic (exact) mass is 1360 g/mol. The number of phenols is 18. The van der Waals surface area contributed by atoms with Gasteiger partial charge in [0.15, 0.2) is 0 Å². The number of aromatic hydroxyl groups is 18. The molecule has 102 heavy (non-hydrogen) atoms. The first-order valence-corrected chi connectivity index (χ1v) is 33.2. The molecule has 0 radical (unpaired) electrons. The fourth-order valence-electron chi connectivity index (χ4n) is 19.0. The Hall–Kier alpha value is -13.0. The van der Waals surface area contributed by atoms with E-state index in [1.807, 2.05) is 0 Å². The van der Waals surface area contributed by atoms with Crippen LogP contribution in [0.2, 0.25) is 0 Å². The third kappa shape index (κ3) is 9.38. The van der Waals surface area contributed by atoms with Gasteiger partial charge in [0, 0.05) is 140 Å². The topological polar surface area (TPSA) is 364 Å². The van der Waals surface area contributed by atoms with Gasteiger partial charge in [-0.1, -0.05) is 66.7 Å². The van der Waals surface area contributed by atoms with Gasteiger partial charge in [-0.2, -0.15) is 0 Å². The Balaban J connectivity index is 0.953. The van der Waals surface area contributed by atoms with Gasteiger partial charge < -0.3 is 91.9 Å². The highest BCUT2D eigenvalue weighted by Crippen LogP contribution is 2.74. The molecule has 17 rings (SSSR count). The van der Waals surface area contributed by atoms with Crippen LogP contribution in [0.4, 0.5) is 0 Å². The van der Waals surface area contributed by atoms with Crippen LogP contribution in [-0.4, -0.2) is 91.9 Å². The fraction of sp³-hybridized carbons (Fsp3) is 0.143. The molecular formula is C84H64O18. The van der Waals surface area contributed by atoms with Crippen LogP contribution in [0.1, 0.15) is 182 Å². The first-order chi connectivity index (χ1) is 49.0. The maximum absolute atomic E-state index is 13.7. The molecule has 0 spiro atoms. The van der Waals surface area contributed by atoms with Crippen LogP contribution in [0, 0.1) is 0 Å². The second-order valence-electron chi connectivity index (χ2n) is 27.7. The SMILES string of the molecule is Oc1ccc([C@@H]2c3cc(O)ccc3[C@@H]3c4c(O)cc(O)cc4C2c2c(O)cc(O)c4c2[C@@H]3[C@H](c2ccc(O)cc2)[C@H]4c2cc(O)c([C@@H](c3ccc(O)cc3)[C@@H]3c4cc(O)cc(O)c4[C@H](c4ccc(O)cc4)[C@H]4c5c3c(O)cc(O)c5[C@@H](c3cc(O)cc(O)c3)[C@H]4c3ccc(O)cc3)c(O)c2)cc1. The van der Waals surface area contributed by atoms with Gasteiger partial charge in [0.05, 0.1) is 0 Å². The van der Waals surface area contributed by atoms with E-state index in [1.54, 1.807) is 72.8 Å². The molecule has 1 unspecified atom stereocenters. The van der Waals surface area contributed by atoms with Crippen LogP contribution >= 0.6 is 0 Å². The highest BCUT2D eigenvalue weighted by atomic mass is 16.3. The molecule has 12 atom stereocenters. The van der Waals surface area contributed by atoms with Crippen molar-refractivity contribution >= 4 is 0 Å². The van der Waals surface area contributed by atoms with Crippen molar-refractivity contribution in [2.24, 2.45) is 0 Å². The van der Waals surface area contributed by atoms with Crippen molar-refractivity contribution in [3.63, 3.8) is 0 Å². The van der Waals surface area contributed by atoms with Crippen LogP contribution in [-0.2, 0) is 0 Å². The molecule has 0 aliphatic heterocycles. The predicted octanol–water partition coefficient (Wildman–Crippen LogP) is 14.9. The third-order valence-corrected chi connectivity index (χ3v) is 22.4. The van der Waals surface area contributed by atoms with E-state index in [0.717, 1.165) is 18.2 Å². The zero-order chi connectivity index (χ0) is 70.9. The minimum absolute atomic E-state index is 0.0459. The normalized spacial score (nSPS) is 21.9. The molecule has 18 heteroatoms. The van der Waals surface area contributed by atoms with Crippen LogP contribution < -0.4 is 0 Å². The summed E-state index contributed by atoms with van der Waals surface area (Å²) in [6.07, 6.45) is 0. The average Bonchev–Trinajstić information content (AvgIpc) is 1.53. The van der Waals surface area contributed by atoms with E-state index in [9.17, 15) is 91.9 Å². The summed E-state index contributed by atoms with van der Waals surface area (Å²) in [5.74, 6) is -18.6. The quantitative estimate of drug-likeness (QED) is 0.0638. The van der Waals surface area contributed by atoms with E-state index in [2.05, 4.69) is 0 Å². The van der Waals surface area contributed by atoms with E-state index in [4.69, 9.17) is 0 Å². The Morgan fingerprint density at radius 1 is 0.186 bits per heavy atom. The van der Waals surface area contributed by atoms with E-state index in [-0.39, 0.29) is 119 Å². The van der Waals surface area contributed by atoms with Gasteiger partial charge in [-0.05, 0) is 182 Å². The van der Waals surface area contributed by atoms with Crippen molar-refractivity contribution in [3.05, 3.63) is 318 Å². The van der Waals surface area contributed by atoms with E-state index >= 15 is 0 Å². The lowest BCUT2D eigenvalue weighted by atomic mass is 9.66. The van der Waals surface area contributed by atoms with Gasteiger partial charge in [0.25, 0.3) is 0 Å². The fourth-order valence-corrected chi connectivity index (χ4v) is 19.0. The minimum atomic E-state index is -1.47. The molecule has 2 bridgehead atoms. The van der Waals surface area contributed by atoms with Gasteiger partial charge in [0.1, 0.15) is 103 Å². The highest BCUT2D eigenvalue weighted by molar-refractivity contribution is 5.77. The van der Waals surface area contributed by atoms with Crippen LogP contribution in [0.3, 0.4) is 0 Å². The summed E-state index contributed by atoms with van der Waals surface area (Å²) in [6, 6.07) is 50.5. The second-order valence-corrected chi connectivity index (χ2v) is 27.7. The molecule has 0 heterocycles. The zero-order valence-corrected chi connectivity index (χ0v) is 53.6. The molecule has 0 saturated heterocycles. The molecule has 508 valence electrons. The maximum Gasteiger partial charge on any atom is 0.123 e. The van der Waals surface area contributed by atoms with Crippen molar-refractivity contribution in [1.29, 1.82) is 0 Å². The number of phenolic OH excluding ortho intramolecular Hbond substituents is 18. The van der Waals surface area contributed by atoms with Crippen molar-refractivity contribution in [3.8, 4) is 103 Å². The molecule has 0 amide bonds. The number of rotatable bonds is 9. The Morgan fingerprint density at radius 3 is 1.04 bits per heavy atom. The summed E-state index contributed by atoms with van der Waals surface area (Å²) in [7, 11) is 0. The highest BCUT2D eigenvalue weighted by Gasteiger charge is 2.59. The van der Waals surface area contributed by atoms with Crippen molar-refractivity contribution in [2.45, 2.75) is 71.0 Å². The van der Waals surface area contributed by atoms with Gasteiger partial charge in [0.2, 0.25) is 0 Å².